The Morgan fingerprint density at radius 3 is 2.15 bits per heavy atom. The Bertz CT molecular complexity index is 721. The van der Waals surface area contributed by atoms with Gasteiger partial charge >= 0.3 is 0 Å². The molecule has 2 N–H and O–H groups in total. The van der Waals surface area contributed by atoms with Crippen molar-refractivity contribution >= 4 is 11.8 Å². The Labute approximate surface area is 160 Å². The van der Waals surface area contributed by atoms with E-state index in [1.165, 1.54) is 0 Å². The van der Waals surface area contributed by atoms with E-state index in [0.29, 0.717) is 26.1 Å². The third-order valence-electron chi connectivity index (χ3n) is 4.30. The van der Waals surface area contributed by atoms with Crippen LogP contribution in [0.2, 0.25) is 0 Å². The van der Waals surface area contributed by atoms with Gasteiger partial charge < -0.3 is 10.6 Å². The van der Waals surface area contributed by atoms with Gasteiger partial charge in [-0.05, 0) is 19.3 Å². The van der Waals surface area contributed by atoms with Crippen LogP contribution in [-0.2, 0) is 36.3 Å². The van der Waals surface area contributed by atoms with Gasteiger partial charge in [-0.25, -0.2) is 18.3 Å². The van der Waals surface area contributed by atoms with Gasteiger partial charge in [0.25, 0.3) is 5.91 Å². The number of aryl methyl sites for hydroxylation is 3. The predicted octanol–water partition coefficient (Wildman–Crippen LogP) is -0.0855. The third-order valence-corrected chi connectivity index (χ3v) is 4.30. The van der Waals surface area contributed by atoms with Crippen LogP contribution in [0.5, 0.6) is 0 Å². The zero-order valence-corrected chi connectivity index (χ0v) is 16.4. The van der Waals surface area contributed by atoms with Gasteiger partial charge in [-0.1, -0.05) is 6.92 Å². The Morgan fingerprint density at radius 2 is 1.52 bits per heavy atom. The van der Waals surface area contributed by atoms with Crippen LogP contribution in [0.4, 0.5) is 0 Å². The minimum atomic E-state index is -0.0138. The van der Waals surface area contributed by atoms with Crippen LogP contribution in [0.25, 0.3) is 0 Å². The second-order valence-corrected chi connectivity index (χ2v) is 6.75. The summed E-state index contributed by atoms with van der Waals surface area (Å²) in [5, 5.41) is 5.67. The van der Waals surface area contributed by atoms with E-state index < -0.39 is 0 Å². The van der Waals surface area contributed by atoms with E-state index >= 15 is 0 Å². The summed E-state index contributed by atoms with van der Waals surface area (Å²) in [7, 11) is 2.02. The zero-order chi connectivity index (χ0) is 19.5. The van der Waals surface area contributed by atoms with E-state index in [9.17, 15) is 9.59 Å². The summed E-state index contributed by atoms with van der Waals surface area (Å²) >= 11 is 0. The molecule has 0 aromatic carbocycles. The highest BCUT2D eigenvalue weighted by Gasteiger charge is 2.09. The third kappa shape index (κ3) is 8.06. The number of amides is 2. The maximum atomic E-state index is 12.0. The Morgan fingerprint density at radius 1 is 0.889 bits per heavy atom. The smallest absolute Gasteiger partial charge is 0.262 e. The molecule has 8 heteroatoms. The van der Waals surface area contributed by atoms with E-state index in [2.05, 4.69) is 32.3 Å². The minimum absolute atomic E-state index is 0.0138. The molecule has 27 heavy (non-hydrogen) atoms. The molecule has 2 aromatic rings. The number of nitrogens with one attached hydrogen (secondary N) is 2. The van der Waals surface area contributed by atoms with E-state index in [1.54, 1.807) is 0 Å². The molecule has 148 valence electrons. The second kappa shape index (κ2) is 11.2. The summed E-state index contributed by atoms with van der Waals surface area (Å²) in [5.41, 5.74) is 0. The first kappa shape index (κ1) is 20.7. The molecule has 2 aromatic heterocycles. The highest BCUT2D eigenvalue weighted by atomic mass is 16.2. The van der Waals surface area contributed by atoms with E-state index in [-0.39, 0.29) is 11.8 Å². The van der Waals surface area contributed by atoms with Crippen molar-refractivity contribution in [2.45, 2.75) is 52.2 Å². The van der Waals surface area contributed by atoms with Crippen LogP contribution in [0.1, 0.15) is 32.6 Å². The second-order valence-electron chi connectivity index (χ2n) is 6.75. The molecular weight excluding hydrogens is 344 g/mol. The summed E-state index contributed by atoms with van der Waals surface area (Å²) in [5.74, 6) is 0.0284. The molecular formula is C19H32N6O2+2. The van der Waals surface area contributed by atoms with Gasteiger partial charge in [0.15, 0.2) is 6.54 Å². The van der Waals surface area contributed by atoms with Crippen molar-refractivity contribution in [2.75, 3.05) is 13.1 Å². The van der Waals surface area contributed by atoms with Crippen molar-refractivity contribution in [3.05, 3.63) is 37.4 Å². The lowest BCUT2D eigenvalue weighted by molar-refractivity contribution is -0.684. The number of carbonyl (C=O) groups is 2. The molecule has 2 rings (SSSR count). The van der Waals surface area contributed by atoms with Gasteiger partial charge in [-0.3, -0.25) is 9.59 Å². The number of hydrogen-bond donors (Lipinski definition) is 2. The first-order valence-electron chi connectivity index (χ1n) is 9.66. The van der Waals surface area contributed by atoms with Gasteiger partial charge in [0, 0.05) is 19.5 Å². The van der Waals surface area contributed by atoms with E-state index in [1.807, 2.05) is 48.0 Å². The Hall–Kier alpha value is -2.64. The summed E-state index contributed by atoms with van der Waals surface area (Å²) in [4.78, 5) is 23.1. The van der Waals surface area contributed by atoms with Crippen molar-refractivity contribution in [1.82, 2.24) is 19.8 Å². The average molecular weight is 377 g/mol. The molecule has 2 amide bonds. The molecule has 0 aliphatic rings. The number of carbonyl (C=O) groups excluding carboxylic acids is 2. The average Bonchev–Trinajstić information content (AvgIpc) is 3.27. The van der Waals surface area contributed by atoms with Crippen molar-refractivity contribution in [3.63, 3.8) is 0 Å². The maximum absolute atomic E-state index is 12.0. The quantitative estimate of drug-likeness (QED) is 0.401. The first-order chi connectivity index (χ1) is 13.1. The van der Waals surface area contributed by atoms with Crippen molar-refractivity contribution < 1.29 is 18.7 Å². The fourth-order valence-corrected chi connectivity index (χ4v) is 2.78. The standard InChI is InChI=1S/C19H30N6O2/c1-3-18(26)20-7-6-8-21-19(27)15-25-14-13-24(17-25)10-5-4-9-23-12-11-22(2)16-23/h11-14,16-17H,3-10,15H2,1-2H3/p+2. The molecule has 0 spiro atoms. The molecule has 0 fully saturated rings. The molecule has 0 aliphatic heterocycles. The Balaban J connectivity index is 1.57. The molecule has 0 atom stereocenters. The van der Waals surface area contributed by atoms with Gasteiger partial charge in [-0.2, -0.15) is 0 Å². The molecule has 0 saturated carbocycles. The lowest BCUT2D eigenvalue weighted by Gasteiger charge is -2.05. The number of unbranched alkanes of at least 4 members (excludes halogenated alkanes) is 1. The maximum Gasteiger partial charge on any atom is 0.262 e. The molecule has 0 unspecified atom stereocenters. The van der Waals surface area contributed by atoms with E-state index in [0.717, 1.165) is 32.4 Å². The summed E-state index contributed by atoms with van der Waals surface area (Å²) in [6.45, 7) is 5.26. The van der Waals surface area contributed by atoms with Crippen molar-refractivity contribution in [2.24, 2.45) is 7.05 Å². The van der Waals surface area contributed by atoms with E-state index in [4.69, 9.17) is 0 Å². The number of aromatic nitrogens is 4. The molecule has 0 aliphatic carbocycles. The van der Waals surface area contributed by atoms with Crippen molar-refractivity contribution in [1.29, 1.82) is 0 Å². The fourth-order valence-electron chi connectivity index (χ4n) is 2.78. The highest BCUT2D eigenvalue weighted by molar-refractivity contribution is 5.75. The molecule has 8 nitrogen and oxygen atoms in total. The largest absolute Gasteiger partial charge is 0.356 e. The number of imidazole rings is 2. The SMILES string of the molecule is CCC(=O)NCCCNC(=O)C[n+]1ccn(CCCCn2cc[n+](C)c2)c1. The van der Waals surface area contributed by atoms with Gasteiger partial charge in [-0.15, -0.1) is 0 Å². The number of nitrogens with zero attached hydrogens (tertiary/aromatic N) is 4. The van der Waals surface area contributed by atoms with Crippen molar-refractivity contribution in [3.8, 4) is 0 Å². The van der Waals surface area contributed by atoms with Crippen LogP contribution in [0, 0.1) is 0 Å². The van der Waals surface area contributed by atoms with Crippen LogP contribution in [0.3, 0.4) is 0 Å². The monoisotopic (exact) mass is 376 g/mol. The van der Waals surface area contributed by atoms with Crippen LogP contribution >= 0.6 is 0 Å². The Kier molecular flexibility index (Phi) is 8.54. The zero-order valence-electron chi connectivity index (χ0n) is 16.4. The van der Waals surface area contributed by atoms with Gasteiger partial charge in [0.1, 0.15) is 24.8 Å². The normalized spacial score (nSPS) is 10.7. The summed E-state index contributed by atoms with van der Waals surface area (Å²) in [6, 6.07) is 0. The summed E-state index contributed by atoms with van der Waals surface area (Å²) < 4.78 is 8.23. The molecule has 0 saturated heterocycles. The van der Waals surface area contributed by atoms with Crippen LogP contribution in [0.15, 0.2) is 37.4 Å². The first-order valence-corrected chi connectivity index (χ1v) is 9.66. The van der Waals surface area contributed by atoms with Crippen LogP contribution < -0.4 is 19.8 Å². The lowest BCUT2D eigenvalue weighted by atomic mass is 10.3. The minimum Gasteiger partial charge on any atom is -0.356 e. The number of hydrogen-bond acceptors (Lipinski definition) is 2. The van der Waals surface area contributed by atoms with Crippen LogP contribution in [-0.4, -0.2) is 34.0 Å². The predicted molar refractivity (Wildman–Crippen MR) is 100 cm³/mol. The highest BCUT2D eigenvalue weighted by Crippen LogP contribution is 1.98. The topological polar surface area (TPSA) is 75.8 Å². The lowest BCUT2D eigenvalue weighted by Crippen LogP contribution is -2.42. The fraction of sp³-hybridized carbons (Fsp3) is 0.579. The van der Waals surface area contributed by atoms with Gasteiger partial charge in [0.2, 0.25) is 18.6 Å². The molecule has 2 heterocycles. The molecule has 0 radical (unpaired) electrons. The van der Waals surface area contributed by atoms with Gasteiger partial charge in [0.05, 0.1) is 20.1 Å². The summed E-state index contributed by atoms with van der Waals surface area (Å²) in [6.07, 6.45) is 15.5. The number of rotatable bonds is 12. The molecule has 0 bridgehead atoms.